The molecule has 2 aromatic heterocycles. The number of amides is 1. The summed E-state index contributed by atoms with van der Waals surface area (Å²) in [5.41, 5.74) is 3.95. The fourth-order valence-corrected chi connectivity index (χ4v) is 3.09. The second-order valence-electron chi connectivity index (χ2n) is 6.04. The summed E-state index contributed by atoms with van der Waals surface area (Å²) >= 11 is 0. The molecule has 0 aliphatic carbocycles. The molecular weight excluding hydrogens is 298 g/mol. The number of aromatic nitrogens is 2. The van der Waals surface area contributed by atoms with Crippen LogP contribution in [-0.4, -0.2) is 15.5 Å². The van der Waals surface area contributed by atoms with Gasteiger partial charge in [-0.1, -0.05) is 37.6 Å². The number of nitrogens with zero attached hydrogens (tertiary/aromatic N) is 2. The molecule has 1 amide bonds. The molecule has 0 spiro atoms. The van der Waals surface area contributed by atoms with Crippen molar-refractivity contribution in [3.05, 3.63) is 65.6 Å². The molecule has 0 saturated carbocycles. The number of nitrogens with one attached hydrogen (secondary N) is 1. The van der Waals surface area contributed by atoms with Gasteiger partial charge in [0.1, 0.15) is 5.69 Å². The van der Waals surface area contributed by atoms with Gasteiger partial charge in [-0.25, -0.2) is 0 Å². The maximum atomic E-state index is 12.8. The lowest BCUT2D eigenvalue weighted by Gasteiger charge is -2.11. The van der Waals surface area contributed by atoms with Gasteiger partial charge in [0.2, 0.25) is 0 Å². The first-order valence-corrected chi connectivity index (χ1v) is 8.47. The predicted octanol–water partition coefficient (Wildman–Crippen LogP) is 4.07. The van der Waals surface area contributed by atoms with Crippen molar-refractivity contribution in [3.63, 3.8) is 0 Å². The van der Waals surface area contributed by atoms with Crippen LogP contribution in [0.1, 0.15) is 41.4 Å². The number of para-hydroxylation sites is 1. The highest BCUT2D eigenvalue weighted by Gasteiger charge is 2.19. The highest BCUT2D eigenvalue weighted by atomic mass is 16.1. The molecule has 2 heterocycles. The van der Waals surface area contributed by atoms with Gasteiger partial charge in [-0.15, -0.1) is 0 Å². The first-order valence-electron chi connectivity index (χ1n) is 8.47. The van der Waals surface area contributed by atoms with Gasteiger partial charge < -0.3 is 9.88 Å². The van der Waals surface area contributed by atoms with Crippen LogP contribution >= 0.6 is 0 Å². The third kappa shape index (κ3) is 3.18. The van der Waals surface area contributed by atoms with E-state index in [4.69, 9.17) is 0 Å². The number of carbonyl (C=O) groups is 1. The standard InChI is InChI=1S/C20H23N3O/c1-3-4-12-23-18-10-6-5-9-17(18)15(2)19(23)20(24)22-14-16-8-7-11-21-13-16/h5-11,13H,3-4,12,14H2,1-2H3,(H,22,24). The Bertz CT molecular complexity index is 837. The third-order valence-electron chi connectivity index (χ3n) is 4.35. The zero-order valence-corrected chi connectivity index (χ0v) is 14.2. The lowest BCUT2D eigenvalue weighted by atomic mass is 10.1. The monoisotopic (exact) mass is 321 g/mol. The van der Waals surface area contributed by atoms with E-state index < -0.39 is 0 Å². The van der Waals surface area contributed by atoms with Gasteiger partial charge in [0.15, 0.2) is 0 Å². The summed E-state index contributed by atoms with van der Waals surface area (Å²) in [6.07, 6.45) is 5.67. The van der Waals surface area contributed by atoms with Crippen LogP contribution in [0.2, 0.25) is 0 Å². The van der Waals surface area contributed by atoms with Crippen LogP contribution in [0.15, 0.2) is 48.8 Å². The van der Waals surface area contributed by atoms with E-state index in [1.165, 1.54) is 0 Å². The number of pyridine rings is 1. The van der Waals surface area contributed by atoms with Crippen LogP contribution < -0.4 is 5.32 Å². The Morgan fingerprint density at radius 2 is 2.04 bits per heavy atom. The first-order chi connectivity index (χ1) is 11.7. The average Bonchev–Trinajstić information content (AvgIpc) is 2.91. The minimum atomic E-state index is -0.0244. The molecule has 0 atom stereocenters. The quantitative estimate of drug-likeness (QED) is 0.744. The van der Waals surface area contributed by atoms with Gasteiger partial charge in [0.05, 0.1) is 0 Å². The summed E-state index contributed by atoms with van der Waals surface area (Å²) < 4.78 is 2.16. The van der Waals surface area contributed by atoms with Crippen molar-refractivity contribution in [2.45, 2.75) is 39.8 Å². The van der Waals surface area contributed by atoms with E-state index in [2.05, 4.69) is 33.9 Å². The van der Waals surface area contributed by atoms with Crippen molar-refractivity contribution < 1.29 is 4.79 Å². The Morgan fingerprint density at radius 1 is 1.21 bits per heavy atom. The van der Waals surface area contributed by atoms with Gasteiger partial charge >= 0.3 is 0 Å². The summed E-state index contributed by atoms with van der Waals surface area (Å²) in [6.45, 7) is 5.55. The van der Waals surface area contributed by atoms with E-state index in [0.29, 0.717) is 6.54 Å². The number of benzene rings is 1. The van der Waals surface area contributed by atoms with E-state index in [9.17, 15) is 4.79 Å². The molecule has 0 bridgehead atoms. The van der Waals surface area contributed by atoms with E-state index in [1.807, 2.05) is 31.2 Å². The Morgan fingerprint density at radius 3 is 2.79 bits per heavy atom. The number of aryl methyl sites for hydroxylation is 2. The maximum Gasteiger partial charge on any atom is 0.268 e. The normalized spacial score (nSPS) is 10.9. The van der Waals surface area contributed by atoms with Crippen molar-refractivity contribution in [1.82, 2.24) is 14.9 Å². The topological polar surface area (TPSA) is 46.9 Å². The molecule has 3 rings (SSSR count). The average molecular weight is 321 g/mol. The van der Waals surface area contributed by atoms with Crippen LogP contribution in [0.25, 0.3) is 10.9 Å². The van der Waals surface area contributed by atoms with Gasteiger partial charge in [0, 0.05) is 36.4 Å². The SMILES string of the molecule is CCCCn1c(C(=O)NCc2cccnc2)c(C)c2ccccc21. The highest BCUT2D eigenvalue weighted by molar-refractivity contribution is 6.01. The van der Waals surface area contributed by atoms with Gasteiger partial charge in [-0.2, -0.15) is 0 Å². The van der Waals surface area contributed by atoms with E-state index in [0.717, 1.165) is 47.1 Å². The largest absolute Gasteiger partial charge is 0.347 e. The maximum absolute atomic E-state index is 12.8. The fraction of sp³-hybridized carbons (Fsp3) is 0.300. The molecule has 0 saturated heterocycles. The van der Waals surface area contributed by atoms with Gasteiger partial charge in [0.25, 0.3) is 5.91 Å². The van der Waals surface area contributed by atoms with Crippen LogP contribution in [0, 0.1) is 6.92 Å². The van der Waals surface area contributed by atoms with Crippen LogP contribution in [0.5, 0.6) is 0 Å². The lowest BCUT2D eigenvalue weighted by molar-refractivity contribution is 0.0941. The smallest absolute Gasteiger partial charge is 0.268 e. The highest BCUT2D eigenvalue weighted by Crippen LogP contribution is 2.26. The second-order valence-corrected chi connectivity index (χ2v) is 6.04. The molecule has 4 nitrogen and oxygen atoms in total. The Balaban J connectivity index is 1.92. The van der Waals surface area contributed by atoms with Crippen LogP contribution in [-0.2, 0) is 13.1 Å². The number of rotatable bonds is 6. The molecule has 24 heavy (non-hydrogen) atoms. The zero-order chi connectivity index (χ0) is 16.9. The number of hydrogen-bond donors (Lipinski definition) is 1. The molecule has 1 N–H and O–H groups in total. The molecule has 3 aromatic rings. The predicted molar refractivity (Wildman–Crippen MR) is 97.0 cm³/mol. The van der Waals surface area contributed by atoms with Crippen molar-refractivity contribution in [1.29, 1.82) is 0 Å². The minimum absolute atomic E-state index is 0.0244. The molecule has 1 aromatic carbocycles. The van der Waals surface area contributed by atoms with Gasteiger partial charge in [-0.05, 0) is 36.6 Å². The number of fused-ring (bicyclic) bond motifs is 1. The van der Waals surface area contributed by atoms with Crippen molar-refractivity contribution in [3.8, 4) is 0 Å². The molecule has 0 aliphatic heterocycles. The minimum Gasteiger partial charge on any atom is -0.347 e. The molecule has 4 heteroatoms. The summed E-state index contributed by atoms with van der Waals surface area (Å²) in [5, 5.41) is 4.19. The Labute approximate surface area is 142 Å². The van der Waals surface area contributed by atoms with Crippen molar-refractivity contribution in [2.75, 3.05) is 0 Å². The molecule has 124 valence electrons. The number of hydrogen-bond acceptors (Lipinski definition) is 2. The first kappa shape index (κ1) is 16.2. The summed E-state index contributed by atoms with van der Waals surface area (Å²) in [4.78, 5) is 16.9. The summed E-state index contributed by atoms with van der Waals surface area (Å²) in [7, 11) is 0. The third-order valence-corrected chi connectivity index (χ3v) is 4.35. The van der Waals surface area contributed by atoms with Gasteiger partial charge in [-0.3, -0.25) is 9.78 Å². The molecular formula is C20H23N3O. The van der Waals surface area contributed by atoms with E-state index in [1.54, 1.807) is 12.4 Å². The summed E-state index contributed by atoms with van der Waals surface area (Å²) in [5.74, 6) is -0.0244. The molecule has 0 radical (unpaired) electrons. The Hall–Kier alpha value is -2.62. The van der Waals surface area contributed by atoms with Crippen LogP contribution in [0.3, 0.4) is 0 Å². The second kappa shape index (κ2) is 7.30. The molecule has 0 unspecified atom stereocenters. The number of carbonyl (C=O) groups excluding carboxylic acids is 1. The molecule has 0 aliphatic rings. The lowest BCUT2D eigenvalue weighted by Crippen LogP contribution is -2.26. The van der Waals surface area contributed by atoms with Crippen LogP contribution in [0.4, 0.5) is 0 Å². The fourth-order valence-electron chi connectivity index (χ4n) is 3.09. The van der Waals surface area contributed by atoms with E-state index >= 15 is 0 Å². The van der Waals surface area contributed by atoms with E-state index in [-0.39, 0.29) is 5.91 Å². The molecule has 0 fully saturated rings. The zero-order valence-electron chi connectivity index (χ0n) is 14.2. The van der Waals surface area contributed by atoms with Crippen molar-refractivity contribution >= 4 is 16.8 Å². The Kier molecular flexibility index (Phi) is 4.94. The summed E-state index contributed by atoms with van der Waals surface area (Å²) in [6, 6.07) is 12.1. The number of unbranched alkanes of at least 4 members (excludes halogenated alkanes) is 1. The van der Waals surface area contributed by atoms with Crippen molar-refractivity contribution in [2.24, 2.45) is 0 Å².